The van der Waals surface area contributed by atoms with Crippen LogP contribution in [0.5, 0.6) is 0 Å². The molecule has 0 unspecified atom stereocenters. The number of nitrogens with one attached hydrogen (secondary N) is 1. The minimum atomic E-state index is 0.724. The van der Waals surface area contributed by atoms with Crippen molar-refractivity contribution in [1.82, 2.24) is 10.3 Å². The summed E-state index contributed by atoms with van der Waals surface area (Å²) in [6, 6.07) is 0.724. The van der Waals surface area contributed by atoms with Crippen LogP contribution in [0.3, 0.4) is 0 Å². The highest BCUT2D eigenvalue weighted by molar-refractivity contribution is 7.13. The molecule has 18 heavy (non-hydrogen) atoms. The molecule has 1 fully saturated rings. The summed E-state index contributed by atoms with van der Waals surface area (Å²) < 4.78 is 0. The molecule has 0 radical (unpaired) electrons. The maximum atomic E-state index is 4.78. The quantitative estimate of drug-likeness (QED) is 0.856. The van der Waals surface area contributed by atoms with Crippen molar-refractivity contribution >= 4 is 16.5 Å². The molecular formula is C14H25N3S. The fourth-order valence-corrected chi connectivity index (χ4v) is 3.67. The van der Waals surface area contributed by atoms with Crippen LogP contribution in [0.4, 0.5) is 5.13 Å². The summed E-state index contributed by atoms with van der Waals surface area (Å²) in [7, 11) is 0. The number of anilines is 1. The van der Waals surface area contributed by atoms with Gasteiger partial charge in [-0.15, -0.1) is 11.3 Å². The Labute approximate surface area is 115 Å². The van der Waals surface area contributed by atoms with Crippen LogP contribution < -0.4 is 10.2 Å². The van der Waals surface area contributed by atoms with E-state index >= 15 is 0 Å². The second-order valence-electron chi connectivity index (χ2n) is 4.98. The SMILES string of the molecule is CCNCc1csc(N(CC)C2CCCCC2)n1. The van der Waals surface area contributed by atoms with E-state index in [2.05, 4.69) is 29.4 Å². The third-order valence-electron chi connectivity index (χ3n) is 3.70. The Morgan fingerprint density at radius 1 is 1.33 bits per heavy atom. The van der Waals surface area contributed by atoms with Crippen molar-refractivity contribution in [2.45, 2.75) is 58.5 Å². The Hall–Kier alpha value is -0.610. The van der Waals surface area contributed by atoms with Crippen LogP contribution >= 0.6 is 11.3 Å². The Morgan fingerprint density at radius 3 is 2.78 bits per heavy atom. The molecular weight excluding hydrogens is 242 g/mol. The summed E-state index contributed by atoms with van der Waals surface area (Å²) in [5, 5.41) is 6.76. The molecule has 0 aromatic carbocycles. The summed E-state index contributed by atoms with van der Waals surface area (Å²) in [4.78, 5) is 7.29. The highest BCUT2D eigenvalue weighted by Crippen LogP contribution is 2.29. The van der Waals surface area contributed by atoms with Crippen molar-refractivity contribution in [3.8, 4) is 0 Å². The van der Waals surface area contributed by atoms with Gasteiger partial charge in [-0.3, -0.25) is 0 Å². The lowest BCUT2D eigenvalue weighted by Gasteiger charge is -2.33. The minimum Gasteiger partial charge on any atom is -0.345 e. The van der Waals surface area contributed by atoms with E-state index < -0.39 is 0 Å². The van der Waals surface area contributed by atoms with Crippen molar-refractivity contribution in [2.75, 3.05) is 18.0 Å². The molecule has 0 bridgehead atoms. The molecule has 1 aliphatic carbocycles. The van der Waals surface area contributed by atoms with Crippen LogP contribution in [0, 0.1) is 0 Å². The van der Waals surface area contributed by atoms with Crippen LogP contribution in [0.15, 0.2) is 5.38 Å². The molecule has 2 rings (SSSR count). The van der Waals surface area contributed by atoms with Gasteiger partial charge in [-0.25, -0.2) is 4.98 Å². The third-order valence-corrected chi connectivity index (χ3v) is 4.62. The average Bonchev–Trinajstić information content (AvgIpc) is 2.87. The number of hydrogen-bond donors (Lipinski definition) is 1. The zero-order valence-electron chi connectivity index (χ0n) is 11.6. The molecule has 0 spiro atoms. The average molecular weight is 267 g/mol. The molecule has 0 atom stereocenters. The predicted octanol–water partition coefficient (Wildman–Crippen LogP) is 3.41. The van der Waals surface area contributed by atoms with Gasteiger partial charge in [0, 0.05) is 24.5 Å². The van der Waals surface area contributed by atoms with Crippen molar-refractivity contribution in [2.24, 2.45) is 0 Å². The molecule has 1 heterocycles. The topological polar surface area (TPSA) is 28.2 Å². The molecule has 0 saturated heterocycles. The van der Waals surface area contributed by atoms with E-state index in [1.807, 2.05) is 0 Å². The van der Waals surface area contributed by atoms with E-state index in [9.17, 15) is 0 Å². The fourth-order valence-electron chi connectivity index (χ4n) is 2.70. The lowest BCUT2D eigenvalue weighted by atomic mass is 9.94. The van der Waals surface area contributed by atoms with Crippen molar-refractivity contribution in [3.05, 3.63) is 11.1 Å². The van der Waals surface area contributed by atoms with Gasteiger partial charge in [-0.1, -0.05) is 26.2 Å². The predicted molar refractivity (Wildman–Crippen MR) is 79.4 cm³/mol. The maximum absolute atomic E-state index is 4.78. The first-order chi connectivity index (χ1) is 8.85. The maximum Gasteiger partial charge on any atom is 0.185 e. The van der Waals surface area contributed by atoms with Crippen molar-refractivity contribution in [1.29, 1.82) is 0 Å². The van der Waals surface area contributed by atoms with Gasteiger partial charge in [-0.05, 0) is 26.3 Å². The van der Waals surface area contributed by atoms with Crippen LogP contribution in [0.1, 0.15) is 51.6 Å². The van der Waals surface area contributed by atoms with Crippen LogP contribution in [0.25, 0.3) is 0 Å². The van der Waals surface area contributed by atoms with E-state index in [-0.39, 0.29) is 0 Å². The van der Waals surface area contributed by atoms with Crippen molar-refractivity contribution < 1.29 is 0 Å². The number of aromatic nitrogens is 1. The van der Waals surface area contributed by atoms with E-state index in [4.69, 9.17) is 4.98 Å². The molecule has 3 nitrogen and oxygen atoms in total. The van der Waals surface area contributed by atoms with Gasteiger partial charge in [0.2, 0.25) is 0 Å². The number of hydrogen-bond acceptors (Lipinski definition) is 4. The van der Waals surface area contributed by atoms with Gasteiger partial charge >= 0.3 is 0 Å². The zero-order valence-corrected chi connectivity index (χ0v) is 12.4. The van der Waals surface area contributed by atoms with Crippen LogP contribution in [-0.2, 0) is 6.54 Å². The first-order valence-electron chi connectivity index (χ1n) is 7.27. The summed E-state index contributed by atoms with van der Waals surface area (Å²) in [6.07, 6.45) is 6.87. The van der Waals surface area contributed by atoms with E-state index in [1.165, 1.54) is 42.9 Å². The molecule has 1 aromatic heterocycles. The third kappa shape index (κ3) is 3.45. The van der Waals surface area contributed by atoms with E-state index in [0.717, 1.165) is 25.7 Å². The smallest absolute Gasteiger partial charge is 0.185 e. The normalized spacial score (nSPS) is 17.0. The first kappa shape index (κ1) is 13.8. The molecule has 4 heteroatoms. The number of rotatable bonds is 6. The van der Waals surface area contributed by atoms with Crippen molar-refractivity contribution in [3.63, 3.8) is 0 Å². The van der Waals surface area contributed by atoms with Gasteiger partial charge in [-0.2, -0.15) is 0 Å². The standard InChI is InChI=1S/C14H25N3S/c1-3-15-10-12-11-18-14(16-12)17(4-2)13-8-6-5-7-9-13/h11,13,15H,3-10H2,1-2H3. The van der Waals surface area contributed by atoms with Gasteiger partial charge in [0.05, 0.1) is 5.69 Å². The van der Waals surface area contributed by atoms with Gasteiger partial charge < -0.3 is 10.2 Å². The van der Waals surface area contributed by atoms with Gasteiger partial charge in [0.1, 0.15) is 0 Å². The summed E-state index contributed by atoms with van der Waals surface area (Å²) in [5.41, 5.74) is 1.19. The number of nitrogens with zero attached hydrogens (tertiary/aromatic N) is 2. The Morgan fingerprint density at radius 2 is 2.11 bits per heavy atom. The number of thiazole rings is 1. The monoisotopic (exact) mass is 267 g/mol. The molecule has 1 saturated carbocycles. The summed E-state index contributed by atoms with van der Waals surface area (Å²) >= 11 is 1.80. The zero-order chi connectivity index (χ0) is 12.8. The molecule has 1 aliphatic rings. The lowest BCUT2D eigenvalue weighted by molar-refractivity contribution is 0.417. The second-order valence-corrected chi connectivity index (χ2v) is 5.82. The Kier molecular flexibility index (Phi) is 5.45. The van der Waals surface area contributed by atoms with E-state index in [1.54, 1.807) is 11.3 Å². The molecule has 0 aliphatic heterocycles. The molecule has 1 N–H and O–H groups in total. The molecule has 0 amide bonds. The lowest BCUT2D eigenvalue weighted by Crippen LogP contribution is -2.36. The summed E-state index contributed by atoms with van der Waals surface area (Å²) in [5.74, 6) is 0. The molecule has 1 aromatic rings. The van der Waals surface area contributed by atoms with Gasteiger partial charge in [0.15, 0.2) is 5.13 Å². The highest BCUT2D eigenvalue weighted by Gasteiger charge is 2.22. The van der Waals surface area contributed by atoms with E-state index in [0.29, 0.717) is 0 Å². The highest BCUT2D eigenvalue weighted by atomic mass is 32.1. The Bertz CT molecular complexity index is 345. The summed E-state index contributed by atoms with van der Waals surface area (Å²) in [6.45, 7) is 7.37. The second kappa shape index (κ2) is 7.10. The van der Waals surface area contributed by atoms with Crippen LogP contribution in [-0.4, -0.2) is 24.1 Å². The molecule has 102 valence electrons. The minimum absolute atomic E-state index is 0.724. The van der Waals surface area contributed by atoms with Gasteiger partial charge in [0.25, 0.3) is 0 Å². The largest absolute Gasteiger partial charge is 0.345 e. The van der Waals surface area contributed by atoms with Crippen LogP contribution in [0.2, 0.25) is 0 Å². The first-order valence-corrected chi connectivity index (χ1v) is 8.14. The Balaban J connectivity index is 1.99. The fraction of sp³-hybridized carbons (Fsp3) is 0.786.